The van der Waals surface area contributed by atoms with Gasteiger partial charge >= 0.3 is 0 Å². The van der Waals surface area contributed by atoms with Crippen molar-refractivity contribution >= 4 is 28.4 Å². The van der Waals surface area contributed by atoms with Gasteiger partial charge < -0.3 is 4.90 Å². The molecule has 136 valence electrons. The van der Waals surface area contributed by atoms with E-state index in [0.29, 0.717) is 41.3 Å². The third-order valence-corrected chi connectivity index (χ3v) is 4.71. The SMILES string of the molecule is CCCCN(C(=O)CC)C(C)c1nc2ccc(Cl)cc2c(=O)n1CC. The van der Waals surface area contributed by atoms with Gasteiger partial charge in [-0.05, 0) is 38.5 Å². The molecule has 2 aromatic rings. The Morgan fingerprint density at radius 3 is 2.64 bits per heavy atom. The number of benzene rings is 1. The second-order valence-electron chi connectivity index (χ2n) is 6.15. The second-order valence-corrected chi connectivity index (χ2v) is 6.59. The molecule has 0 saturated carbocycles. The third-order valence-electron chi connectivity index (χ3n) is 4.48. The van der Waals surface area contributed by atoms with Crippen LogP contribution in [0.3, 0.4) is 0 Å². The maximum atomic E-state index is 12.9. The zero-order valence-electron chi connectivity index (χ0n) is 15.4. The molecule has 1 unspecified atom stereocenters. The Morgan fingerprint density at radius 2 is 2.04 bits per heavy atom. The molecule has 0 aliphatic carbocycles. The lowest BCUT2D eigenvalue weighted by Crippen LogP contribution is -2.38. The molecular weight excluding hydrogens is 338 g/mol. The number of hydrogen-bond acceptors (Lipinski definition) is 3. The molecular formula is C19H26ClN3O2. The summed E-state index contributed by atoms with van der Waals surface area (Å²) in [7, 11) is 0. The van der Waals surface area contributed by atoms with E-state index in [4.69, 9.17) is 16.6 Å². The Hall–Kier alpha value is -1.88. The van der Waals surface area contributed by atoms with Gasteiger partial charge in [0, 0.05) is 24.5 Å². The van der Waals surface area contributed by atoms with Gasteiger partial charge in [-0.3, -0.25) is 14.2 Å². The van der Waals surface area contributed by atoms with Gasteiger partial charge in [0.1, 0.15) is 5.82 Å². The average Bonchev–Trinajstić information content (AvgIpc) is 2.61. The maximum absolute atomic E-state index is 12.9. The highest BCUT2D eigenvalue weighted by Gasteiger charge is 2.24. The van der Waals surface area contributed by atoms with Gasteiger partial charge in [-0.15, -0.1) is 0 Å². The lowest BCUT2D eigenvalue weighted by molar-refractivity contribution is -0.133. The van der Waals surface area contributed by atoms with Crippen LogP contribution in [0.1, 0.15) is 58.8 Å². The fourth-order valence-corrected chi connectivity index (χ4v) is 3.21. The summed E-state index contributed by atoms with van der Waals surface area (Å²) in [6, 6.07) is 4.88. The number of fused-ring (bicyclic) bond motifs is 1. The smallest absolute Gasteiger partial charge is 0.261 e. The van der Waals surface area contributed by atoms with Crippen LogP contribution in [-0.4, -0.2) is 26.9 Å². The molecule has 6 heteroatoms. The number of aromatic nitrogens is 2. The quantitative estimate of drug-likeness (QED) is 0.741. The minimum atomic E-state index is -0.258. The molecule has 25 heavy (non-hydrogen) atoms. The molecule has 1 heterocycles. The van der Waals surface area contributed by atoms with Gasteiger partial charge in [0.2, 0.25) is 5.91 Å². The van der Waals surface area contributed by atoms with Crippen LogP contribution in [0.15, 0.2) is 23.0 Å². The first-order valence-electron chi connectivity index (χ1n) is 8.93. The van der Waals surface area contributed by atoms with Crippen molar-refractivity contribution in [1.82, 2.24) is 14.5 Å². The van der Waals surface area contributed by atoms with E-state index in [1.165, 1.54) is 0 Å². The van der Waals surface area contributed by atoms with Gasteiger partial charge in [-0.1, -0.05) is 31.9 Å². The summed E-state index contributed by atoms with van der Waals surface area (Å²) in [6.07, 6.45) is 2.37. The number of carbonyl (C=O) groups is 1. The van der Waals surface area contributed by atoms with E-state index in [1.54, 1.807) is 22.8 Å². The Morgan fingerprint density at radius 1 is 1.32 bits per heavy atom. The minimum absolute atomic E-state index is 0.0778. The summed E-state index contributed by atoms with van der Waals surface area (Å²) in [5, 5.41) is 1.02. The summed E-state index contributed by atoms with van der Waals surface area (Å²) in [6.45, 7) is 8.97. The van der Waals surface area contributed by atoms with Gasteiger partial charge in [0.05, 0.1) is 16.9 Å². The molecule has 0 bridgehead atoms. The maximum Gasteiger partial charge on any atom is 0.261 e. The van der Waals surface area contributed by atoms with Crippen LogP contribution in [0, 0.1) is 0 Å². The summed E-state index contributed by atoms with van der Waals surface area (Å²) in [5.74, 6) is 0.703. The monoisotopic (exact) mass is 363 g/mol. The van der Waals surface area contributed by atoms with Crippen LogP contribution < -0.4 is 5.56 Å². The predicted octanol–water partition coefficient (Wildman–Crippen LogP) is 4.17. The zero-order chi connectivity index (χ0) is 18.6. The normalized spacial score (nSPS) is 12.4. The Balaban J connectivity index is 2.59. The molecule has 0 N–H and O–H groups in total. The molecule has 0 saturated heterocycles. The average molecular weight is 364 g/mol. The zero-order valence-corrected chi connectivity index (χ0v) is 16.1. The lowest BCUT2D eigenvalue weighted by atomic mass is 10.1. The molecule has 1 atom stereocenters. The van der Waals surface area contributed by atoms with Crippen LogP contribution in [0.5, 0.6) is 0 Å². The summed E-state index contributed by atoms with van der Waals surface area (Å²) in [4.78, 5) is 31.8. The van der Waals surface area contributed by atoms with E-state index in [9.17, 15) is 9.59 Å². The van der Waals surface area contributed by atoms with E-state index in [2.05, 4.69) is 6.92 Å². The molecule has 0 fully saturated rings. The highest BCUT2D eigenvalue weighted by Crippen LogP contribution is 2.22. The first-order valence-corrected chi connectivity index (χ1v) is 9.31. The number of hydrogen-bond donors (Lipinski definition) is 0. The minimum Gasteiger partial charge on any atom is -0.333 e. The van der Waals surface area contributed by atoms with Crippen LogP contribution in [0.2, 0.25) is 5.02 Å². The Labute approximate surface area is 153 Å². The molecule has 0 spiro atoms. The molecule has 5 nitrogen and oxygen atoms in total. The molecule has 1 amide bonds. The van der Waals surface area contributed by atoms with Crippen molar-refractivity contribution in [2.45, 2.75) is 59.5 Å². The van der Waals surface area contributed by atoms with E-state index >= 15 is 0 Å². The number of nitrogens with zero attached hydrogens (tertiary/aromatic N) is 3. The van der Waals surface area contributed by atoms with Gasteiger partial charge in [-0.2, -0.15) is 0 Å². The van der Waals surface area contributed by atoms with Crippen molar-refractivity contribution in [2.24, 2.45) is 0 Å². The fourth-order valence-electron chi connectivity index (χ4n) is 3.04. The fraction of sp³-hybridized carbons (Fsp3) is 0.526. The Bertz CT molecular complexity index is 816. The Kier molecular flexibility index (Phi) is 6.59. The first kappa shape index (κ1) is 19.4. The molecule has 0 aliphatic rings. The summed E-state index contributed by atoms with van der Waals surface area (Å²) < 4.78 is 1.64. The number of unbranched alkanes of at least 4 members (excludes halogenated alkanes) is 1. The van der Waals surface area contributed by atoms with Crippen LogP contribution in [0.4, 0.5) is 0 Å². The number of halogens is 1. The molecule has 1 aromatic carbocycles. The van der Waals surface area contributed by atoms with Crippen LogP contribution in [-0.2, 0) is 11.3 Å². The van der Waals surface area contributed by atoms with Crippen molar-refractivity contribution < 1.29 is 4.79 Å². The molecule has 1 aromatic heterocycles. The lowest BCUT2D eigenvalue weighted by Gasteiger charge is -2.30. The largest absolute Gasteiger partial charge is 0.333 e. The highest BCUT2D eigenvalue weighted by molar-refractivity contribution is 6.31. The van der Waals surface area contributed by atoms with E-state index in [1.807, 2.05) is 25.7 Å². The van der Waals surface area contributed by atoms with E-state index in [0.717, 1.165) is 12.8 Å². The topological polar surface area (TPSA) is 55.2 Å². The number of amides is 1. The second kappa shape index (κ2) is 8.48. The van der Waals surface area contributed by atoms with E-state index in [-0.39, 0.29) is 17.5 Å². The van der Waals surface area contributed by atoms with E-state index < -0.39 is 0 Å². The molecule has 2 rings (SSSR count). The van der Waals surface area contributed by atoms with Gasteiger partial charge in [-0.25, -0.2) is 4.98 Å². The van der Waals surface area contributed by atoms with Gasteiger partial charge in [0.25, 0.3) is 5.56 Å². The summed E-state index contributed by atoms with van der Waals surface area (Å²) >= 11 is 6.03. The van der Waals surface area contributed by atoms with Crippen molar-refractivity contribution in [2.75, 3.05) is 6.54 Å². The molecule has 0 radical (unpaired) electrons. The molecule has 0 aliphatic heterocycles. The van der Waals surface area contributed by atoms with Gasteiger partial charge in [0.15, 0.2) is 0 Å². The van der Waals surface area contributed by atoms with Crippen molar-refractivity contribution in [3.8, 4) is 0 Å². The highest BCUT2D eigenvalue weighted by atomic mass is 35.5. The van der Waals surface area contributed by atoms with Crippen LogP contribution in [0.25, 0.3) is 10.9 Å². The van der Waals surface area contributed by atoms with Crippen molar-refractivity contribution in [1.29, 1.82) is 0 Å². The predicted molar refractivity (Wildman–Crippen MR) is 102 cm³/mol. The number of rotatable bonds is 7. The standard InChI is InChI=1S/C19H26ClN3O2/c1-5-8-11-23(17(24)6-2)13(4)18-21-16-10-9-14(20)12-15(16)19(25)22(18)7-3/h9-10,12-13H,5-8,11H2,1-4H3. The van der Waals surface area contributed by atoms with Crippen molar-refractivity contribution in [3.63, 3.8) is 0 Å². The first-order chi connectivity index (χ1) is 11.9. The van der Waals surface area contributed by atoms with Crippen molar-refractivity contribution in [3.05, 3.63) is 39.4 Å². The van der Waals surface area contributed by atoms with Crippen LogP contribution >= 0.6 is 11.6 Å². The summed E-state index contributed by atoms with van der Waals surface area (Å²) in [5.41, 5.74) is 0.497. The number of carbonyl (C=O) groups excluding carboxylic acids is 1. The third kappa shape index (κ3) is 4.03.